The molecule has 0 spiro atoms. The van der Waals surface area contributed by atoms with E-state index in [2.05, 4.69) is 22.2 Å². The van der Waals surface area contributed by atoms with Crippen LogP contribution in [0.15, 0.2) is 36.4 Å². The summed E-state index contributed by atoms with van der Waals surface area (Å²) in [6.45, 7) is 2.92. The van der Waals surface area contributed by atoms with Gasteiger partial charge in [-0.1, -0.05) is 31.5 Å². The van der Waals surface area contributed by atoms with Gasteiger partial charge in [-0.05, 0) is 30.2 Å². The number of anilines is 2. The highest BCUT2D eigenvalue weighted by Crippen LogP contribution is 2.22. The van der Waals surface area contributed by atoms with Gasteiger partial charge in [0.25, 0.3) is 0 Å². The number of esters is 1. The number of methoxy groups -OCH3 is 1. The van der Waals surface area contributed by atoms with Crippen molar-refractivity contribution >= 4 is 28.8 Å². The minimum atomic E-state index is -0.357. The fraction of sp³-hybridized carbons (Fsp3) is 0.300. The van der Waals surface area contributed by atoms with E-state index in [-0.39, 0.29) is 11.9 Å². The first kappa shape index (κ1) is 18.6. The number of nitrogens with two attached hydrogens (primary N) is 1. The third kappa shape index (κ3) is 4.31. The highest BCUT2D eigenvalue weighted by atomic mass is 16.5. The fourth-order valence-corrected chi connectivity index (χ4v) is 2.86. The highest BCUT2D eigenvalue weighted by molar-refractivity contribution is 5.91. The zero-order chi connectivity index (χ0) is 19.2. The number of benzene rings is 1. The van der Waals surface area contributed by atoms with Gasteiger partial charge >= 0.3 is 5.97 Å². The van der Waals surface area contributed by atoms with Crippen LogP contribution in [-0.4, -0.2) is 34.6 Å². The molecule has 27 heavy (non-hydrogen) atoms. The summed E-state index contributed by atoms with van der Waals surface area (Å²) >= 11 is 0. The molecule has 0 unspecified atom stereocenters. The van der Waals surface area contributed by atoms with Crippen molar-refractivity contribution in [2.45, 2.75) is 26.2 Å². The van der Waals surface area contributed by atoms with Gasteiger partial charge in [0.05, 0.1) is 18.2 Å². The average Bonchev–Trinajstić information content (AvgIpc) is 2.68. The van der Waals surface area contributed by atoms with E-state index < -0.39 is 0 Å². The van der Waals surface area contributed by atoms with E-state index in [0.29, 0.717) is 28.8 Å². The Balaban J connectivity index is 1.96. The molecule has 0 bridgehead atoms. The van der Waals surface area contributed by atoms with Crippen molar-refractivity contribution in [1.29, 1.82) is 0 Å². The van der Waals surface area contributed by atoms with Crippen LogP contribution >= 0.6 is 0 Å². The molecule has 0 fully saturated rings. The highest BCUT2D eigenvalue weighted by Gasteiger charge is 2.13. The summed E-state index contributed by atoms with van der Waals surface area (Å²) in [5, 5.41) is 3.29. The molecule has 3 N–H and O–H groups in total. The van der Waals surface area contributed by atoms with E-state index in [1.165, 1.54) is 7.11 Å². The molecule has 0 aliphatic rings. The molecule has 7 heteroatoms. The van der Waals surface area contributed by atoms with Gasteiger partial charge in [-0.2, -0.15) is 4.98 Å². The normalized spacial score (nSPS) is 10.7. The second kappa shape index (κ2) is 8.44. The summed E-state index contributed by atoms with van der Waals surface area (Å²) in [6.07, 6.45) is 2.60. The molecule has 1 aromatic carbocycles. The lowest BCUT2D eigenvalue weighted by Gasteiger charge is -2.11. The Morgan fingerprint density at radius 2 is 1.96 bits per heavy atom. The van der Waals surface area contributed by atoms with Crippen molar-refractivity contribution in [2.24, 2.45) is 0 Å². The van der Waals surface area contributed by atoms with Gasteiger partial charge in [-0.25, -0.2) is 14.8 Å². The zero-order valence-corrected chi connectivity index (χ0v) is 15.5. The Labute approximate surface area is 158 Å². The van der Waals surface area contributed by atoms with Crippen molar-refractivity contribution in [1.82, 2.24) is 15.0 Å². The Morgan fingerprint density at radius 3 is 2.74 bits per heavy atom. The predicted octanol–water partition coefficient (Wildman–Crippen LogP) is 3.20. The van der Waals surface area contributed by atoms with Gasteiger partial charge in [-0.15, -0.1) is 0 Å². The molecule has 2 heterocycles. The van der Waals surface area contributed by atoms with E-state index in [9.17, 15) is 4.79 Å². The summed E-state index contributed by atoms with van der Waals surface area (Å²) in [5.74, 6) is 0.491. The molecular formula is C20H23N5O2. The third-order valence-electron chi connectivity index (χ3n) is 4.23. The van der Waals surface area contributed by atoms with E-state index in [1.54, 1.807) is 6.07 Å². The number of pyridine rings is 1. The first-order valence-corrected chi connectivity index (χ1v) is 8.95. The largest absolute Gasteiger partial charge is 0.465 e. The fourth-order valence-electron chi connectivity index (χ4n) is 2.86. The number of unbranched alkanes of at least 4 members (excludes halogenated alkanes) is 1. The number of carbonyl (C=O) groups excluding carboxylic acids is 1. The number of rotatable bonds is 7. The molecular weight excluding hydrogens is 342 g/mol. The lowest BCUT2D eigenvalue weighted by Crippen LogP contribution is -2.09. The van der Waals surface area contributed by atoms with E-state index in [0.717, 1.165) is 30.6 Å². The summed E-state index contributed by atoms with van der Waals surface area (Å²) in [7, 11) is 1.38. The van der Waals surface area contributed by atoms with Gasteiger partial charge in [0.15, 0.2) is 5.82 Å². The summed E-state index contributed by atoms with van der Waals surface area (Å²) in [4.78, 5) is 25.3. The molecule has 7 nitrogen and oxygen atoms in total. The van der Waals surface area contributed by atoms with Crippen molar-refractivity contribution in [3.8, 4) is 0 Å². The van der Waals surface area contributed by atoms with Crippen LogP contribution in [0, 0.1) is 0 Å². The topological polar surface area (TPSA) is 103 Å². The molecule has 3 aromatic rings. The quantitative estimate of drug-likeness (QED) is 0.489. The van der Waals surface area contributed by atoms with E-state index in [4.69, 9.17) is 15.5 Å². The monoisotopic (exact) mass is 365 g/mol. The SMILES string of the molecule is CCCCNc1nc(N)nc2ccc(Cc3ccccc3C(=O)OC)nc12. The van der Waals surface area contributed by atoms with Crippen LogP contribution in [0.25, 0.3) is 11.0 Å². The lowest BCUT2D eigenvalue weighted by atomic mass is 10.0. The van der Waals surface area contributed by atoms with Crippen LogP contribution in [0.1, 0.15) is 41.4 Å². The maximum absolute atomic E-state index is 12.0. The van der Waals surface area contributed by atoms with Crippen LogP contribution in [-0.2, 0) is 11.2 Å². The number of aromatic nitrogens is 3. The van der Waals surface area contributed by atoms with Crippen molar-refractivity contribution in [3.05, 3.63) is 53.2 Å². The second-order valence-electron chi connectivity index (χ2n) is 6.21. The maximum atomic E-state index is 12.0. The Bertz CT molecular complexity index is 958. The molecule has 0 amide bonds. The number of nitrogens with one attached hydrogen (secondary N) is 1. The standard InChI is InChI=1S/C20H23N5O2/c1-3-4-11-22-18-17-16(24-20(21)25-18)10-9-14(23-17)12-13-7-5-6-8-15(13)19(26)27-2/h5-10H,3-4,11-12H2,1-2H3,(H3,21,22,24,25). The molecule has 3 rings (SSSR count). The van der Waals surface area contributed by atoms with Gasteiger partial charge in [-0.3, -0.25) is 0 Å². The molecule has 140 valence electrons. The van der Waals surface area contributed by atoms with Crippen LogP contribution < -0.4 is 11.1 Å². The number of ether oxygens (including phenoxy) is 1. The second-order valence-corrected chi connectivity index (χ2v) is 6.21. The predicted molar refractivity (Wildman–Crippen MR) is 106 cm³/mol. The third-order valence-corrected chi connectivity index (χ3v) is 4.23. The van der Waals surface area contributed by atoms with E-state index >= 15 is 0 Å². The van der Waals surface area contributed by atoms with Crippen LogP contribution in [0.5, 0.6) is 0 Å². The van der Waals surface area contributed by atoms with Gasteiger partial charge < -0.3 is 15.8 Å². The number of nitrogens with zero attached hydrogens (tertiary/aromatic N) is 3. The first-order chi connectivity index (χ1) is 13.1. The minimum absolute atomic E-state index is 0.215. The average molecular weight is 365 g/mol. The summed E-state index contributed by atoms with van der Waals surface area (Å²) in [5.41, 5.74) is 9.38. The Hall–Kier alpha value is -3.22. The minimum Gasteiger partial charge on any atom is -0.465 e. The number of nitrogen functional groups attached to an aromatic ring is 1. The van der Waals surface area contributed by atoms with Crippen LogP contribution in [0.4, 0.5) is 11.8 Å². The summed E-state index contributed by atoms with van der Waals surface area (Å²) < 4.78 is 4.87. The first-order valence-electron chi connectivity index (χ1n) is 8.95. The Morgan fingerprint density at radius 1 is 1.15 bits per heavy atom. The van der Waals surface area contributed by atoms with Crippen LogP contribution in [0.3, 0.4) is 0 Å². The van der Waals surface area contributed by atoms with E-state index in [1.807, 2.05) is 30.3 Å². The number of hydrogen-bond acceptors (Lipinski definition) is 7. The smallest absolute Gasteiger partial charge is 0.338 e. The summed E-state index contributed by atoms with van der Waals surface area (Å²) in [6, 6.07) is 11.1. The van der Waals surface area contributed by atoms with Gasteiger partial charge in [0.2, 0.25) is 5.95 Å². The van der Waals surface area contributed by atoms with Crippen LogP contribution in [0.2, 0.25) is 0 Å². The maximum Gasteiger partial charge on any atom is 0.338 e. The number of carbonyl (C=O) groups is 1. The van der Waals surface area contributed by atoms with Gasteiger partial charge in [0, 0.05) is 18.7 Å². The molecule has 0 saturated heterocycles. The number of fused-ring (bicyclic) bond motifs is 1. The van der Waals surface area contributed by atoms with Crippen molar-refractivity contribution in [3.63, 3.8) is 0 Å². The molecule has 0 atom stereocenters. The van der Waals surface area contributed by atoms with Crippen molar-refractivity contribution in [2.75, 3.05) is 24.7 Å². The number of hydrogen-bond donors (Lipinski definition) is 2. The zero-order valence-electron chi connectivity index (χ0n) is 15.5. The molecule has 0 aliphatic heterocycles. The lowest BCUT2D eigenvalue weighted by molar-refractivity contribution is 0.0599. The van der Waals surface area contributed by atoms with Crippen molar-refractivity contribution < 1.29 is 9.53 Å². The Kier molecular flexibility index (Phi) is 5.80. The molecule has 2 aromatic heterocycles. The molecule has 0 aliphatic carbocycles. The van der Waals surface area contributed by atoms with Gasteiger partial charge in [0.1, 0.15) is 5.52 Å². The molecule has 0 saturated carbocycles. The molecule has 0 radical (unpaired) electrons.